The van der Waals surface area contributed by atoms with E-state index in [0.29, 0.717) is 23.4 Å². The van der Waals surface area contributed by atoms with Crippen molar-refractivity contribution >= 4 is 17.7 Å². The van der Waals surface area contributed by atoms with Gasteiger partial charge in [-0.1, -0.05) is 54.2 Å². The Kier molecular flexibility index (Phi) is 6.32. The molecule has 1 saturated carbocycles. The van der Waals surface area contributed by atoms with Gasteiger partial charge in [0, 0.05) is 12.6 Å². The number of carbonyl (C=O) groups excluding carboxylic acids is 1. The first-order valence-electron chi connectivity index (χ1n) is 10.1. The molecule has 1 aliphatic carbocycles. The van der Waals surface area contributed by atoms with E-state index < -0.39 is 0 Å². The lowest BCUT2D eigenvalue weighted by atomic mass is 10.1. The van der Waals surface area contributed by atoms with Crippen molar-refractivity contribution in [3.05, 3.63) is 60.2 Å². The van der Waals surface area contributed by atoms with Crippen molar-refractivity contribution in [2.75, 3.05) is 12.9 Å². The van der Waals surface area contributed by atoms with Crippen LogP contribution in [0.3, 0.4) is 0 Å². The van der Waals surface area contributed by atoms with Gasteiger partial charge in [0.2, 0.25) is 11.1 Å². The van der Waals surface area contributed by atoms with E-state index in [2.05, 4.69) is 34.6 Å². The maximum absolute atomic E-state index is 13.2. The molecule has 1 atom stereocenters. The molecule has 1 aromatic heterocycles. The average molecular weight is 424 g/mol. The van der Waals surface area contributed by atoms with E-state index in [1.54, 1.807) is 11.8 Å². The molecule has 3 aromatic rings. The standard InChI is InChI=1S/C22H25N5O2S/c1-16(18-12-13-18)26(14-17-8-4-3-5-9-17)21(28)15-30-22-23-24-25-27(22)19-10-6-7-11-20(19)29-2/h3-11,16,18H,12-15H2,1-2H3/t16-/m1/s1. The van der Waals surface area contributed by atoms with Crippen molar-refractivity contribution in [2.24, 2.45) is 5.92 Å². The van der Waals surface area contributed by atoms with Gasteiger partial charge in [-0.3, -0.25) is 4.79 Å². The molecule has 0 spiro atoms. The predicted molar refractivity (Wildman–Crippen MR) is 116 cm³/mol. The van der Waals surface area contributed by atoms with Crippen LogP contribution >= 0.6 is 11.8 Å². The first kappa shape index (κ1) is 20.4. The third-order valence-corrected chi connectivity index (χ3v) is 6.30. The highest BCUT2D eigenvalue weighted by atomic mass is 32.2. The Labute approximate surface area is 180 Å². The summed E-state index contributed by atoms with van der Waals surface area (Å²) >= 11 is 1.34. The number of rotatable bonds is 9. The van der Waals surface area contributed by atoms with Crippen LogP contribution < -0.4 is 4.74 Å². The lowest BCUT2D eigenvalue weighted by Gasteiger charge is -2.29. The van der Waals surface area contributed by atoms with Crippen LogP contribution in [-0.2, 0) is 11.3 Å². The number of para-hydroxylation sites is 2. The number of thioether (sulfide) groups is 1. The number of ether oxygens (including phenoxy) is 1. The van der Waals surface area contributed by atoms with Gasteiger partial charge < -0.3 is 9.64 Å². The van der Waals surface area contributed by atoms with Crippen LogP contribution in [0.25, 0.3) is 5.69 Å². The lowest BCUT2D eigenvalue weighted by molar-refractivity contribution is -0.131. The highest BCUT2D eigenvalue weighted by molar-refractivity contribution is 7.99. The predicted octanol–water partition coefficient (Wildman–Crippen LogP) is 3.59. The van der Waals surface area contributed by atoms with Gasteiger partial charge >= 0.3 is 0 Å². The molecule has 0 saturated heterocycles. The van der Waals surface area contributed by atoms with Crippen LogP contribution in [0.4, 0.5) is 0 Å². The fourth-order valence-electron chi connectivity index (χ4n) is 3.51. The molecule has 1 amide bonds. The van der Waals surface area contributed by atoms with Gasteiger partial charge in [-0.2, -0.15) is 4.68 Å². The Morgan fingerprint density at radius 3 is 2.67 bits per heavy atom. The monoisotopic (exact) mass is 423 g/mol. The molecule has 1 heterocycles. The van der Waals surface area contributed by atoms with Gasteiger partial charge in [-0.15, -0.1) is 5.10 Å². The molecule has 30 heavy (non-hydrogen) atoms. The van der Waals surface area contributed by atoms with Gasteiger partial charge in [-0.05, 0) is 53.8 Å². The number of aromatic nitrogens is 4. The quantitative estimate of drug-likeness (QED) is 0.490. The molecule has 1 aliphatic rings. The van der Waals surface area contributed by atoms with Crippen molar-refractivity contribution in [3.8, 4) is 11.4 Å². The molecule has 0 radical (unpaired) electrons. The van der Waals surface area contributed by atoms with E-state index in [-0.39, 0.29) is 17.7 Å². The summed E-state index contributed by atoms with van der Waals surface area (Å²) in [5, 5.41) is 12.6. The number of amides is 1. The van der Waals surface area contributed by atoms with Crippen LogP contribution in [0.5, 0.6) is 5.75 Å². The van der Waals surface area contributed by atoms with Crippen molar-refractivity contribution in [3.63, 3.8) is 0 Å². The largest absolute Gasteiger partial charge is 0.494 e. The summed E-state index contributed by atoms with van der Waals surface area (Å²) in [6.45, 7) is 2.78. The number of benzene rings is 2. The van der Waals surface area contributed by atoms with Gasteiger partial charge in [-0.25, -0.2) is 0 Å². The minimum absolute atomic E-state index is 0.0952. The number of methoxy groups -OCH3 is 1. The number of hydrogen-bond donors (Lipinski definition) is 0. The van der Waals surface area contributed by atoms with Crippen LogP contribution in [0.2, 0.25) is 0 Å². The normalized spacial score (nSPS) is 14.3. The highest BCUT2D eigenvalue weighted by Gasteiger charge is 2.34. The SMILES string of the molecule is COc1ccccc1-n1nnnc1SCC(=O)N(Cc1ccccc1)[C@H](C)C1CC1. The van der Waals surface area contributed by atoms with Crippen molar-refractivity contribution in [1.29, 1.82) is 0 Å². The van der Waals surface area contributed by atoms with E-state index in [4.69, 9.17) is 4.74 Å². The Balaban J connectivity index is 1.48. The Hall–Kier alpha value is -2.87. The van der Waals surface area contributed by atoms with Crippen molar-refractivity contribution in [2.45, 2.75) is 37.5 Å². The molecule has 0 bridgehead atoms. The van der Waals surface area contributed by atoms with Crippen LogP contribution in [0.15, 0.2) is 59.8 Å². The summed E-state index contributed by atoms with van der Waals surface area (Å²) in [7, 11) is 1.61. The lowest BCUT2D eigenvalue weighted by Crippen LogP contribution is -2.40. The molecule has 1 fully saturated rings. The van der Waals surface area contributed by atoms with E-state index in [1.165, 1.54) is 24.6 Å². The van der Waals surface area contributed by atoms with Gasteiger partial charge in [0.1, 0.15) is 11.4 Å². The second-order valence-electron chi connectivity index (χ2n) is 7.42. The fourth-order valence-corrected chi connectivity index (χ4v) is 4.28. The molecule has 156 valence electrons. The third kappa shape index (κ3) is 4.64. The summed E-state index contributed by atoms with van der Waals surface area (Å²) < 4.78 is 7.03. The molecule has 0 aliphatic heterocycles. The molecular formula is C22H25N5O2S. The molecule has 7 nitrogen and oxygen atoms in total. The Morgan fingerprint density at radius 2 is 1.93 bits per heavy atom. The zero-order valence-electron chi connectivity index (χ0n) is 17.1. The maximum atomic E-state index is 13.2. The van der Waals surface area contributed by atoms with E-state index in [9.17, 15) is 4.79 Å². The minimum atomic E-state index is 0.0952. The molecule has 4 rings (SSSR count). The average Bonchev–Trinajstić information content (AvgIpc) is 3.54. The Morgan fingerprint density at radius 1 is 1.20 bits per heavy atom. The molecule has 2 aromatic carbocycles. The zero-order valence-corrected chi connectivity index (χ0v) is 18.0. The fraction of sp³-hybridized carbons (Fsp3) is 0.364. The number of nitrogens with zero attached hydrogens (tertiary/aromatic N) is 5. The number of tetrazole rings is 1. The minimum Gasteiger partial charge on any atom is -0.494 e. The second-order valence-corrected chi connectivity index (χ2v) is 8.36. The van der Waals surface area contributed by atoms with Crippen LogP contribution in [0.1, 0.15) is 25.3 Å². The molecule has 0 unspecified atom stereocenters. The summed E-state index contributed by atoms with van der Waals surface area (Å²) in [5.41, 5.74) is 1.88. The van der Waals surface area contributed by atoms with Crippen molar-refractivity contribution in [1.82, 2.24) is 25.1 Å². The summed E-state index contributed by atoms with van der Waals surface area (Å²) in [4.78, 5) is 15.2. The zero-order chi connectivity index (χ0) is 20.9. The summed E-state index contributed by atoms with van der Waals surface area (Å²) in [6.07, 6.45) is 2.39. The van der Waals surface area contributed by atoms with E-state index in [0.717, 1.165) is 11.3 Å². The Bertz CT molecular complexity index is 990. The van der Waals surface area contributed by atoms with E-state index in [1.807, 2.05) is 47.4 Å². The van der Waals surface area contributed by atoms with Crippen LogP contribution in [-0.4, -0.2) is 49.9 Å². The highest BCUT2D eigenvalue weighted by Crippen LogP contribution is 2.36. The van der Waals surface area contributed by atoms with Gasteiger partial charge in [0.05, 0.1) is 12.9 Å². The smallest absolute Gasteiger partial charge is 0.233 e. The topological polar surface area (TPSA) is 73.1 Å². The number of carbonyl (C=O) groups is 1. The van der Waals surface area contributed by atoms with Crippen LogP contribution in [0, 0.1) is 5.92 Å². The summed E-state index contributed by atoms with van der Waals surface area (Å²) in [6, 6.07) is 17.9. The maximum Gasteiger partial charge on any atom is 0.233 e. The molecular weight excluding hydrogens is 398 g/mol. The number of hydrogen-bond acceptors (Lipinski definition) is 6. The third-order valence-electron chi connectivity index (χ3n) is 5.39. The van der Waals surface area contributed by atoms with Crippen molar-refractivity contribution < 1.29 is 9.53 Å². The summed E-state index contributed by atoms with van der Waals surface area (Å²) in [5.74, 6) is 1.64. The molecule has 8 heteroatoms. The molecule has 0 N–H and O–H groups in total. The first-order chi connectivity index (χ1) is 14.7. The van der Waals surface area contributed by atoms with Gasteiger partial charge in [0.15, 0.2) is 0 Å². The van der Waals surface area contributed by atoms with Gasteiger partial charge in [0.25, 0.3) is 0 Å². The van der Waals surface area contributed by atoms with E-state index >= 15 is 0 Å². The second kappa shape index (κ2) is 9.30. The first-order valence-corrected chi connectivity index (χ1v) is 11.0.